The highest BCUT2D eigenvalue weighted by Crippen LogP contribution is 2.29. The van der Waals surface area contributed by atoms with E-state index in [1.165, 1.54) is 0 Å². The largest absolute Gasteiger partial charge is 0.462 e. The number of carbonyl (C=O) groups excluding carboxylic acids is 2. The van der Waals surface area contributed by atoms with Crippen molar-refractivity contribution in [3.8, 4) is 0 Å². The molecular formula is C26H30N5O3. The molecule has 1 radical (unpaired) electrons. The molecule has 0 atom stereocenters. The van der Waals surface area contributed by atoms with E-state index in [4.69, 9.17) is 4.74 Å². The average molecular weight is 461 g/mol. The number of ether oxygens (including phenoxy) is 1. The van der Waals surface area contributed by atoms with E-state index in [1.54, 1.807) is 6.92 Å². The number of carbonyl (C=O) groups is 2. The number of nitrogens with one attached hydrogen (secondary N) is 1. The summed E-state index contributed by atoms with van der Waals surface area (Å²) in [6, 6.07) is 16.0. The summed E-state index contributed by atoms with van der Waals surface area (Å²) >= 11 is 0. The van der Waals surface area contributed by atoms with Gasteiger partial charge in [0.05, 0.1) is 29.6 Å². The van der Waals surface area contributed by atoms with Gasteiger partial charge < -0.3 is 19.5 Å². The molecule has 0 bridgehead atoms. The normalized spacial score (nSPS) is 17.1. The Labute approximate surface area is 199 Å². The molecule has 3 aromatic rings. The van der Waals surface area contributed by atoms with E-state index in [-0.39, 0.29) is 12.0 Å². The number of hydrogen-bond acceptors (Lipinski definition) is 5. The van der Waals surface area contributed by atoms with Crippen LogP contribution < -0.4 is 9.80 Å². The molecule has 1 aromatic heterocycles. The van der Waals surface area contributed by atoms with E-state index < -0.39 is 0 Å². The second-order valence-electron chi connectivity index (χ2n) is 8.63. The number of rotatable bonds is 7. The fraction of sp³-hybridized carbons (Fsp3) is 0.385. The Balaban J connectivity index is 1.16. The number of nitrogens with zero attached hydrogens (tertiary/aromatic N) is 4. The van der Waals surface area contributed by atoms with Crippen molar-refractivity contribution < 1.29 is 14.3 Å². The van der Waals surface area contributed by atoms with E-state index in [0.717, 1.165) is 74.6 Å². The Kier molecular flexibility index (Phi) is 6.40. The molecule has 34 heavy (non-hydrogen) atoms. The Morgan fingerprint density at radius 3 is 2.53 bits per heavy atom. The first-order valence-corrected chi connectivity index (χ1v) is 11.9. The van der Waals surface area contributed by atoms with Crippen LogP contribution in [-0.2, 0) is 4.74 Å². The summed E-state index contributed by atoms with van der Waals surface area (Å²) in [6.45, 7) is 8.89. The van der Waals surface area contributed by atoms with E-state index in [2.05, 4.69) is 27.0 Å². The number of piperazine rings is 1. The summed E-state index contributed by atoms with van der Waals surface area (Å²) in [7, 11) is 0. The van der Waals surface area contributed by atoms with Crippen molar-refractivity contribution in [2.24, 2.45) is 0 Å². The van der Waals surface area contributed by atoms with Gasteiger partial charge in [-0.2, -0.15) is 0 Å². The highest BCUT2D eigenvalue weighted by atomic mass is 16.5. The zero-order valence-corrected chi connectivity index (χ0v) is 19.5. The number of anilines is 2. The number of hydrogen-bond donors (Lipinski definition) is 1. The lowest BCUT2D eigenvalue weighted by Crippen LogP contribution is -2.49. The van der Waals surface area contributed by atoms with Gasteiger partial charge in [-0.05, 0) is 25.1 Å². The Hall–Kier alpha value is -3.52. The van der Waals surface area contributed by atoms with Crippen molar-refractivity contribution in [3.05, 3.63) is 60.3 Å². The van der Waals surface area contributed by atoms with Crippen LogP contribution in [0.15, 0.2) is 48.5 Å². The van der Waals surface area contributed by atoms with Crippen molar-refractivity contribution in [2.45, 2.75) is 6.92 Å². The Morgan fingerprint density at radius 2 is 1.76 bits per heavy atom. The zero-order chi connectivity index (χ0) is 23.5. The first-order valence-electron chi connectivity index (χ1n) is 11.9. The van der Waals surface area contributed by atoms with Crippen LogP contribution in [0.3, 0.4) is 0 Å². The maximum atomic E-state index is 12.8. The summed E-state index contributed by atoms with van der Waals surface area (Å²) in [5.74, 6) is -0.349. The van der Waals surface area contributed by atoms with Crippen LogP contribution in [0.5, 0.6) is 0 Å². The molecule has 1 N–H and O–H groups in total. The molecule has 0 saturated carbocycles. The van der Waals surface area contributed by atoms with Gasteiger partial charge in [-0.15, -0.1) is 0 Å². The van der Waals surface area contributed by atoms with Crippen LogP contribution in [0.1, 0.15) is 17.3 Å². The number of esters is 1. The third-order valence-corrected chi connectivity index (χ3v) is 6.67. The second-order valence-corrected chi connectivity index (χ2v) is 8.63. The zero-order valence-electron chi connectivity index (χ0n) is 19.5. The Bertz CT molecular complexity index is 1150. The summed E-state index contributed by atoms with van der Waals surface area (Å²) in [5, 5.41) is 0.842. The van der Waals surface area contributed by atoms with E-state index >= 15 is 0 Å². The number of urea groups is 1. The molecule has 2 aliphatic rings. The molecule has 8 nitrogen and oxygen atoms in total. The van der Waals surface area contributed by atoms with Crippen LogP contribution in [0.4, 0.5) is 16.2 Å². The minimum atomic E-state index is -0.349. The molecule has 0 aliphatic carbocycles. The van der Waals surface area contributed by atoms with Crippen LogP contribution in [0.25, 0.3) is 10.9 Å². The predicted molar refractivity (Wildman–Crippen MR) is 133 cm³/mol. The van der Waals surface area contributed by atoms with Gasteiger partial charge in [0, 0.05) is 63.4 Å². The minimum Gasteiger partial charge on any atom is -0.462 e. The SMILES string of the molecule is CCOC(=O)c1[c][nH]c2c(N3CCN(CCN4CCN(c5ccccc5)C4=O)CC3)cccc12. The third-order valence-electron chi connectivity index (χ3n) is 6.67. The van der Waals surface area contributed by atoms with Crippen molar-refractivity contribution in [3.63, 3.8) is 0 Å². The fourth-order valence-electron chi connectivity index (χ4n) is 4.81. The predicted octanol–water partition coefficient (Wildman–Crippen LogP) is 3.21. The summed E-state index contributed by atoms with van der Waals surface area (Å²) in [6.07, 6.45) is 2.98. The maximum Gasteiger partial charge on any atom is 0.341 e. The second kappa shape index (κ2) is 9.77. The number of para-hydroxylation sites is 2. The molecule has 2 aromatic carbocycles. The van der Waals surface area contributed by atoms with Crippen LogP contribution in [0, 0.1) is 6.20 Å². The lowest BCUT2D eigenvalue weighted by atomic mass is 10.1. The first kappa shape index (κ1) is 22.3. The van der Waals surface area contributed by atoms with E-state index in [0.29, 0.717) is 12.2 Å². The highest BCUT2D eigenvalue weighted by molar-refractivity contribution is 6.07. The summed E-state index contributed by atoms with van der Waals surface area (Å²) in [5.41, 5.74) is 3.42. The molecule has 2 aliphatic heterocycles. The molecule has 2 fully saturated rings. The molecule has 0 unspecified atom stereocenters. The topological polar surface area (TPSA) is 72.1 Å². The molecule has 2 saturated heterocycles. The molecular weight excluding hydrogens is 430 g/mol. The van der Waals surface area contributed by atoms with E-state index in [1.807, 2.05) is 52.3 Å². The monoisotopic (exact) mass is 460 g/mol. The number of aromatic nitrogens is 1. The molecule has 177 valence electrons. The van der Waals surface area contributed by atoms with Gasteiger partial charge in [0.2, 0.25) is 0 Å². The number of aromatic amines is 1. The van der Waals surface area contributed by atoms with Gasteiger partial charge in [-0.3, -0.25) is 9.80 Å². The van der Waals surface area contributed by atoms with E-state index in [9.17, 15) is 9.59 Å². The van der Waals surface area contributed by atoms with Gasteiger partial charge in [0.1, 0.15) is 0 Å². The lowest BCUT2D eigenvalue weighted by Gasteiger charge is -2.36. The quantitative estimate of drug-likeness (QED) is 0.548. The smallest absolute Gasteiger partial charge is 0.341 e. The minimum absolute atomic E-state index is 0.0944. The van der Waals surface area contributed by atoms with Crippen LogP contribution in [-0.4, -0.2) is 85.7 Å². The molecule has 0 spiro atoms. The fourth-order valence-corrected chi connectivity index (χ4v) is 4.81. The lowest BCUT2D eigenvalue weighted by molar-refractivity contribution is 0.0528. The molecule has 5 rings (SSSR count). The number of fused-ring (bicyclic) bond motifs is 1. The highest BCUT2D eigenvalue weighted by Gasteiger charge is 2.30. The first-order chi connectivity index (χ1) is 16.7. The average Bonchev–Trinajstić information content (AvgIpc) is 3.47. The van der Waals surface area contributed by atoms with Gasteiger partial charge >= 0.3 is 12.0 Å². The van der Waals surface area contributed by atoms with Gasteiger partial charge in [0.15, 0.2) is 0 Å². The van der Waals surface area contributed by atoms with Crippen molar-refractivity contribution in [1.29, 1.82) is 0 Å². The Morgan fingerprint density at radius 1 is 0.971 bits per heavy atom. The number of amides is 2. The number of H-pyrrole nitrogens is 1. The summed E-state index contributed by atoms with van der Waals surface area (Å²) < 4.78 is 5.16. The molecule has 2 amide bonds. The van der Waals surface area contributed by atoms with Crippen molar-refractivity contribution >= 4 is 34.3 Å². The van der Waals surface area contributed by atoms with Gasteiger partial charge in [-0.1, -0.05) is 30.3 Å². The van der Waals surface area contributed by atoms with Crippen molar-refractivity contribution in [2.75, 3.05) is 68.8 Å². The maximum absolute atomic E-state index is 12.8. The standard InChI is InChI=1S/C26H30N5O3/c1-2-34-25(32)22-19-27-24-21(22)9-6-10-23(24)29-14-11-28(12-15-29)13-16-30-17-18-31(26(30)33)20-7-4-3-5-8-20/h3-10,27H,2,11-18H2,1H3. The molecule has 8 heteroatoms. The van der Waals surface area contributed by atoms with Crippen LogP contribution in [0.2, 0.25) is 0 Å². The van der Waals surface area contributed by atoms with Gasteiger partial charge in [0.25, 0.3) is 0 Å². The van der Waals surface area contributed by atoms with Crippen molar-refractivity contribution in [1.82, 2.24) is 14.8 Å². The van der Waals surface area contributed by atoms with Gasteiger partial charge in [-0.25, -0.2) is 9.59 Å². The van der Waals surface area contributed by atoms with Crippen LogP contribution >= 0.6 is 0 Å². The number of benzene rings is 2. The molecule has 3 heterocycles. The summed E-state index contributed by atoms with van der Waals surface area (Å²) in [4.78, 5) is 36.8. The third kappa shape index (κ3) is 4.33.